The molecule has 1 N–H and O–H groups in total. The van der Waals surface area contributed by atoms with E-state index in [2.05, 4.69) is 32.6 Å². The van der Waals surface area contributed by atoms with Crippen molar-refractivity contribution >= 4 is 39.3 Å². The van der Waals surface area contributed by atoms with Crippen LogP contribution in [0.25, 0.3) is 22.0 Å². The van der Waals surface area contributed by atoms with Gasteiger partial charge in [-0.15, -0.1) is 0 Å². The summed E-state index contributed by atoms with van der Waals surface area (Å²) in [5, 5.41) is 11.3. The number of aromatic carboxylic acids is 1. The lowest BCUT2D eigenvalue weighted by atomic mass is 9.99. The smallest absolute Gasteiger partial charge is 0.339 e. The van der Waals surface area contributed by atoms with Crippen LogP contribution in [-0.2, 0) is 0 Å². The van der Waals surface area contributed by atoms with Crippen LogP contribution in [0.2, 0.25) is 0 Å². The summed E-state index contributed by atoms with van der Waals surface area (Å²) in [5.74, 6) is -0.467. The molecule has 4 nitrogen and oxygen atoms in total. The Hall–Kier alpha value is -2.02. The predicted octanol–water partition coefficient (Wildman–Crippen LogP) is 4.35. The molecule has 1 heterocycles. The quantitative estimate of drug-likeness (QED) is 0.508. The van der Waals surface area contributed by atoms with Crippen LogP contribution in [-0.4, -0.2) is 26.0 Å². The van der Waals surface area contributed by atoms with E-state index in [1.807, 2.05) is 47.4 Å². The van der Waals surface area contributed by atoms with Gasteiger partial charge in [-0.1, -0.05) is 65.1 Å². The first-order valence-electron chi connectivity index (χ1n) is 6.59. The van der Waals surface area contributed by atoms with Crippen molar-refractivity contribution in [3.63, 3.8) is 0 Å². The topological polar surface area (TPSA) is 63.1 Å². The molecular weight excluding hydrogens is 391 g/mol. The van der Waals surface area contributed by atoms with E-state index in [1.165, 1.54) is 6.20 Å². The Kier molecular flexibility index (Phi) is 5.43. The third-order valence-corrected chi connectivity index (χ3v) is 3.18. The van der Waals surface area contributed by atoms with Crippen LogP contribution in [0.4, 0.5) is 0 Å². The molecule has 2 aromatic carbocycles. The van der Waals surface area contributed by atoms with Crippen LogP contribution in [0.3, 0.4) is 0 Å². The molecule has 0 aliphatic heterocycles. The molecule has 0 bridgehead atoms. The van der Waals surface area contributed by atoms with Crippen LogP contribution in [0.1, 0.15) is 16.2 Å². The number of fused-ring (bicyclic) bond motifs is 1. The number of hydrogen-bond acceptors (Lipinski definition) is 3. The second-order valence-corrected chi connectivity index (χ2v) is 4.51. The summed E-state index contributed by atoms with van der Waals surface area (Å²) in [4.78, 5) is 21.6. The Labute approximate surface area is 142 Å². The lowest BCUT2D eigenvalue weighted by Gasteiger charge is -2.09. The number of benzene rings is 2. The highest BCUT2D eigenvalue weighted by molar-refractivity contribution is 14.1. The maximum absolute atomic E-state index is 11.4. The fourth-order valence-electron chi connectivity index (χ4n) is 2.26. The standard InChI is InChI=1S/C16H12N2O2.CH3I/c1-10-17-9-14(16(19)20)15(18-10)13-8-4-6-11-5-2-3-7-12(11)13;1-2/h2-9H,1H3,(H,19,20);1H3. The fourth-order valence-corrected chi connectivity index (χ4v) is 2.26. The summed E-state index contributed by atoms with van der Waals surface area (Å²) >= 11 is 2.15. The van der Waals surface area contributed by atoms with E-state index < -0.39 is 5.97 Å². The van der Waals surface area contributed by atoms with Crippen molar-refractivity contribution in [3.8, 4) is 11.3 Å². The molecule has 3 aromatic rings. The van der Waals surface area contributed by atoms with Gasteiger partial charge in [0.15, 0.2) is 0 Å². The highest BCUT2D eigenvalue weighted by Gasteiger charge is 2.16. The van der Waals surface area contributed by atoms with Gasteiger partial charge < -0.3 is 5.11 Å². The molecule has 0 atom stereocenters. The van der Waals surface area contributed by atoms with Crippen molar-refractivity contribution in [2.24, 2.45) is 0 Å². The first kappa shape index (κ1) is 16.4. The van der Waals surface area contributed by atoms with Gasteiger partial charge in [-0.2, -0.15) is 0 Å². The zero-order valence-electron chi connectivity index (χ0n) is 12.2. The molecule has 0 unspecified atom stereocenters. The normalized spacial score (nSPS) is 9.95. The minimum atomic E-state index is -1.02. The maximum Gasteiger partial charge on any atom is 0.339 e. The summed E-state index contributed by atoms with van der Waals surface area (Å²) in [6, 6.07) is 13.6. The predicted molar refractivity (Wildman–Crippen MR) is 96.6 cm³/mol. The van der Waals surface area contributed by atoms with Gasteiger partial charge in [0, 0.05) is 11.8 Å². The largest absolute Gasteiger partial charge is 0.478 e. The van der Waals surface area contributed by atoms with Gasteiger partial charge in [-0.05, 0) is 22.6 Å². The molecule has 1 aromatic heterocycles. The molecule has 3 rings (SSSR count). The first-order chi connectivity index (χ1) is 10.7. The average molecular weight is 406 g/mol. The summed E-state index contributed by atoms with van der Waals surface area (Å²) in [5.41, 5.74) is 1.39. The van der Waals surface area contributed by atoms with Gasteiger partial charge in [0.05, 0.1) is 5.69 Å². The third-order valence-electron chi connectivity index (χ3n) is 3.18. The van der Waals surface area contributed by atoms with Crippen molar-refractivity contribution in [1.82, 2.24) is 9.97 Å². The number of hydrogen-bond donors (Lipinski definition) is 1. The van der Waals surface area contributed by atoms with Gasteiger partial charge in [0.25, 0.3) is 0 Å². The Morgan fingerprint density at radius 1 is 1.09 bits per heavy atom. The number of carboxylic acids is 1. The van der Waals surface area contributed by atoms with Crippen molar-refractivity contribution in [3.05, 3.63) is 60.0 Å². The molecule has 112 valence electrons. The van der Waals surface area contributed by atoms with Crippen LogP contribution in [0.5, 0.6) is 0 Å². The lowest BCUT2D eigenvalue weighted by molar-refractivity contribution is 0.0697. The Morgan fingerprint density at radius 3 is 2.50 bits per heavy atom. The fraction of sp³-hybridized carbons (Fsp3) is 0.118. The number of aromatic nitrogens is 2. The van der Waals surface area contributed by atoms with Gasteiger partial charge in [-0.25, -0.2) is 14.8 Å². The molecule has 0 aliphatic rings. The summed E-state index contributed by atoms with van der Waals surface area (Å²) in [6.45, 7) is 1.75. The van der Waals surface area contributed by atoms with E-state index >= 15 is 0 Å². The first-order valence-corrected chi connectivity index (χ1v) is 8.75. The molecule has 0 spiro atoms. The van der Waals surface area contributed by atoms with Gasteiger partial charge in [0.1, 0.15) is 11.4 Å². The molecule has 0 radical (unpaired) electrons. The Morgan fingerprint density at radius 2 is 1.77 bits per heavy atom. The number of carboxylic acid groups (broad SMARTS) is 1. The average Bonchev–Trinajstić information content (AvgIpc) is 2.56. The lowest BCUT2D eigenvalue weighted by Crippen LogP contribution is -2.04. The van der Waals surface area contributed by atoms with E-state index in [1.54, 1.807) is 6.92 Å². The molecule has 0 saturated carbocycles. The van der Waals surface area contributed by atoms with Gasteiger partial charge in [-0.3, -0.25) is 0 Å². The Bertz CT molecular complexity index is 813. The zero-order valence-corrected chi connectivity index (χ0v) is 14.4. The van der Waals surface area contributed by atoms with Crippen molar-refractivity contribution in [1.29, 1.82) is 0 Å². The van der Waals surface area contributed by atoms with Crippen molar-refractivity contribution in [2.75, 3.05) is 4.93 Å². The second kappa shape index (κ2) is 7.31. The minimum Gasteiger partial charge on any atom is -0.478 e. The highest BCUT2D eigenvalue weighted by atomic mass is 127. The van der Waals surface area contributed by atoms with E-state index in [4.69, 9.17) is 0 Å². The molecule has 0 aliphatic carbocycles. The number of carbonyl (C=O) groups is 1. The van der Waals surface area contributed by atoms with E-state index in [0.29, 0.717) is 11.5 Å². The molecule has 22 heavy (non-hydrogen) atoms. The van der Waals surface area contributed by atoms with Crippen LogP contribution < -0.4 is 0 Å². The minimum absolute atomic E-state index is 0.118. The summed E-state index contributed by atoms with van der Waals surface area (Å²) in [7, 11) is 0. The molecule has 0 saturated heterocycles. The monoisotopic (exact) mass is 406 g/mol. The number of aryl methyl sites for hydroxylation is 1. The highest BCUT2D eigenvalue weighted by Crippen LogP contribution is 2.29. The van der Waals surface area contributed by atoms with E-state index in [-0.39, 0.29) is 5.56 Å². The van der Waals surface area contributed by atoms with Gasteiger partial charge >= 0.3 is 5.97 Å². The SMILES string of the molecule is CI.Cc1ncc(C(=O)O)c(-c2cccc3ccccc23)n1. The summed E-state index contributed by atoms with van der Waals surface area (Å²) in [6.07, 6.45) is 1.36. The number of rotatable bonds is 2. The molecule has 0 fully saturated rings. The second-order valence-electron chi connectivity index (χ2n) is 4.51. The van der Waals surface area contributed by atoms with Crippen LogP contribution in [0.15, 0.2) is 48.7 Å². The molecule has 5 heteroatoms. The van der Waals surface area contributed by atoms with Crippen LogP contribution in [0, 0.1) is 6.92 Å². The maximum atomic E-state index is 11.4. The Balaban J connectivity index is 0.000000847. The van der Waals surface area contributed by atoms with Crippen LogP contribution >= 0.6 is 22.6 Å². The number of nitrogens with zero attached hydrogens (tertiary/aromatic N) is 2. The third kappa shape index (κ3) is 3.24. The van der Waals surface area contributed by atoms with Crippen molar-refractivity contribution < 1.29 is 9.90 Å². The van der Waals surface area contributed by atoms with E-state index in [9.17, 15) is 9.90 Å². The number of alkyl halides is 1. The van der Waals surface area contributed by atoms with Crippen molar-refractivity contribution in [2.45, 2.75) is 6.92 Å². The molecular formula is C17H15IN2O2. The zero-order chi connectivity index (χ0) is 16.1. The molecule has 0 amide bonds. The van der Waals surface area contributed by atoms with Gasteiger partial charge in [0.2, 0.25) is 0 Å². The number of halogens is 1. The van der Waals surface area contributed by atoms with E-state index in [0.717, 1.165) is 16.3 Å². The summed E-state index contributed by atoms with van der Waals surface area (Å²) < 4.78 is 0.